The largest absolute Gasteiger partial charge is 0.379 e. The Morgan fingerprint density at radius 1 is 1.25 bits per heavy atom. The minimum absolute atomic E-state index is 0.627. The molecule has 68 valence electrons. The Labute approximate surface area is 69.0 Å². The Hall–Kier alpha value is -1.14. The average molecular weight is 174 g/mol. The molecule has 0 radical (unpaired) electrons. The van der Waals surface area contributed by atoms with Crippen LogP contribution in [0.1, 0.15) is 0 Å². The zero-order chi connectivity index (χ0) is 9.46. The van der Waals surface area contributed by atoms with Crippen LogP contribution in [0.2, 0.25) is 0 Å². The molecule has 0 aromatic heterocycles. The molecule has 12 heavy (non-hydrogen) atoms. The number of carbonyl (C=O) groups is 2. The third kappa shape index (κ3) is 1.05. The molecule has 1 heterocycles. The maximum Gasteiger partial charge on any atom is 0.328 e. The predicted octanol–water partition coefficient (Wildman–Crippen LogP) is -1.81. The van der Waals surface area contributed by atoms with Gasteiger partial charge in [0.1, 0.15) is 0 Å². The van der Waals surface area contributed by atoms with Crippen LogP contribution in [-0.4, -0.2) is 58.4 Å². The molecule has 0 bridgehead atoms. The van der Waals surface area contributed by atoms with Gasteiger partial charge in [-0.3, -0.25) is 14.6 Å². The summed E-state index contributed by atoms with van der Waals surface area (Å²) in [6.07, 6.45) is -2.99. The fourth-order valence-corrected chi connectivity index (χ4v) is 0.982. The SMILES string of the molecule is CN1C(=O)[C@H](O)[C@H](O)N(C)C1=O. The first kappa shape index (κ1) is 8.95. The number of nitrogens with zero attached hydrogens (tertiary/aromatic N) is 2. The second kappa shape index (κ2) is 2.72. The highest BCUT2D eigenvalue weighted by Gasteiger charge is 2.40. The Balaban J connectivity index is 2.91. The molecular formula is C6H10N2O4. The van der Waals surface area contributed by atoms with Gasteiger partial charge in [0.25, 0.3) is 5.91 Å². The molecule has 6 nitrogen and oxygen atoms in total. The first-order chi connectivity index (χ1) is 5.46. The minimum Gasteiger partial charge on any atom is -0.379 e. The van der Waals surface area contributed by atoms with Crippen LogP contribution < -0.4 is 0 Å². The van der Waals surface area contributed by atoms with Crippen molar-refractivity contribution < 1.29 is 19.8 Å². The number of hydrogen-bond donors (Lipinski definition) is 2. The lowest BCUT2D eigenvalue weighted by Gasteiger charge is -2.36. The fraction of sp³-hybridized carbons (Fsp3) is 0.667. The van der Waals surface area contributed by atoms with E-state index >= 15 is 0 Å². The number of carbonyl (C=O) groups excluding carboxylic acids is 2. The second-order valence-electron chi connectivity index (χ2n) is 2.65. The number of rotatable bonds is 0. The van der Waals surface area contributed by atoms with Gasteiger partial charge in [-0.05, 0) is 0 Å². The van der Waals surface area contributed by atoms with Crippen molar-refractivity contribution in [3.05, 3.63) is 0 Å². The van der Waals surface area contributed by atoms with Crippen molar-refractivity contribution in [2.75, 3.05) is 14.1 Å². The van der Waals surface area contributed by atoms with Gasteiger partial charge in [0.05, 0.1) is 0 Å². The van der Waals surface area contributed by atoms with E-state index in [1.54, 1.807) is 0 Å². The molecule has 6 heteroatoms. The van der Waals surface area contributed by atoms with Crippen LogP contribution in [0.15, 0.2) is 0 Å². The Bertz CT molecular complexity index is 208. The Kier molecular flexibility index (Phi) is 2.03. The van der Waals surface area contributed by atoms with Gasteiger partial charge in [-0.2, -0.15) is 0 Å². The topological polar surface area (TPSA) is 81.1 Å². The summed E-state index contributed by atoms with van der Waals surface area (Å²) >= 11 is 0. The molecule has 1 fully saturated rings. The lowest BCUT2D eigenvalue weighted by molar-refractivity contribution is -0.156. The number of imide groups is 1. The van der Waals surface area contributed by atoms with Crippen molar-refractivity contribution in [1.29, 1.82) is 0 Å². The van der Waals surface area contributed by atoms with Crippen LogP contribution in [0, 0.1) is 0 Å². The molecule has 1 rings (SSSR count). The third-order valence-electron chi connectivity index (χ3n) is 1.85. The summed E-state index contributed by atoms with van der Waals surface area (Å²) in [7, 11) is 2.55. The number of likely N-dealkylation sites (N-methyl/N-ethyl adjacent to an activating group) is 2. The summed E-state index contributed by atoms with van der Waals surface area (Å²) in [5, 5.41) is 18.2. The number of aliphatic hydroxyl groups excluding tert-OH is 2. The predicted molar refractivity (Wildman–Crippen MR) is 37.9 cm³/mol. The van der Waals surface area contributed by atoms with E-state index in [1.165, 1.54) is 14.1 Å². The first-order valence-electron chi connectivity index (χ1n) is 3.37. The Morgan fingerprint density at radius 3 is 2.25 bits per heavy atom. The lowest BCUT2D eigenvalue weighted by atomic mass is 10.2. The maximum absolute atomic E-state index is 11.1. The molecule has 0 spiro atoms. The standard InChI is InChI=1S/C6H10N2O4/c1-7-4(10)3(9)5(11)8(2)6(7)12/h3-4,9-10H,1-2H3/t3-,4+/m1/s1. The molecule has 1 saturated heterocycles. The summed E-state index contributed by atoms with van der Waals surface area (Å²) in [5.74, 6) is -0.786. The minimum atomic E-state index is -1.54. The van der Waals surface area contributed by atoms with Crippen LogP contribution in [0.3, 0.4) is 0 Å². The monoisotopic (exact) mass is 174 g/mol. The summed E-state index contributed by atoms with van der Waals surface area (Å²) in [4.78, 5) is 23.7. The summed E-state index contributed by atoms with van der Waals surface area (Å²) < 4.78 is 0. The van der Waals surface area contributed by atoms with Gasteiger partial charge in [0, 0.05) is 14.1 Å². The van der Waals surface area contributed by atoms with Crippen molar-refractivity contribution >= 4 is 11.9 Å². The number of hydrogen-bond acceptors (Lipinski definition) is 4. The zero-order valence-corrected chi connectivity index (χ0v) is 6.76. The molecule has 2 N–H and O–H groups in total. The number of amides is 3. The number of urea groups is 1. The fourth-order valence-electron chi connectivity index (χ4n) is 0.982. The number of aliphatic hydroxyl groups is 2. The molecular weight excluding hydrogens is 164 g/mol. The van der Waals surface area contributed by atoms with E-state index in [4.69, 9.17) is 10.2 Å². The van der Waals surface area contributed by atoms with E-state index in [1.807, 2.05) is 0 Å². The molecule has 0 saturated carbocycles. The first-order valence-corrected chi connectivity index (χ1v) is 3.37. The molecule has 0 aromatic carbocycles. The van der Waals surface area contributed by atoms with Crippen LogP contribution in [0.5, 0.6) is 0 Å². The normalized spacial score (nSPS) is 31.3. The van der Waals surface area contributed by atoms with E-state index < -0.39 is 24.3 Å². The van der Waals surface area contributed by atoms with Gasteiger partial charge in [-0.1, -0.05) is 0 Å². The van der Waals surface area contributed by atoms with E-state index in [9.17, 15) is 9.59 Å². The second-order valence-corrected chi connectivity index (χ2v) is 2.65. The van der Waals surface area contributed by atoms with E-state index in [0.717, 1.165) is 9.80 Å². The quantitative estimate of drug-likeness (QED) is 0.453. The molecule has 1 aliphatic heterocycles. The Morgan fingerprint density at radius 2 is 1.75 bits per heavy atom. The van der Waals surface area contributed by atoms with Crippen LogP contribution in [0.4, 0.5) is 4.79 Å². The van der Waals surface area contributed by atoms with Crippen LogP contribution in [0.25, 0.3) is 0 Å². The maximum atomic E-state index is 11.1. The van der Waals surface area contributed by atoms with Gasteiger partial charge in [-0.25, -0.2) is 4.79 Å². The lowest BCUT2D eigenvalue weighted by Crippen LogP contribution is -2.61. The van der Waals surface area contributed by atoms with E-state index in [-0.39, 0.29) is 0 Å². The molecule has 0 aromatic rings. The van der Waals surface area contributed by atoms with Crippen molar-refractivity contribution in [1.82, 2.24) is 9.80 Å². The average Bonchev–Trinajstić information content (AvgIpc) is 2.08. The smallest absolute Gasteiger partial charge is 0.328 e. The van der Waals surface area contributed by atoms with Crippen LogP contribution >= 0.6 is 0 Å². The molecule has 0 unspecified atom stereocenters. The van der Waals surface area contributed by atoms with Gasteiger partial charge >= 0.3 is 6.03 Å². The van der Waals surface area contributed by atoms with Crippen molar-refractivity contribution in [2.24, 2.45) is 0 Å². The van der Waals surface area contributed by atoms with Crippen molar-refractivity contribution in [2.45, 2.75) is 12.3 Å². The molecule has 0 aliphatic carbocycles. The van der Waals surface area contributed by atoms with Gasteiger partial charge in [-0.15, -0.1) is 0 Å². The van der Waals surface area contributed by atoms with Crippen molar-refractivity contribution in [3.8, 4) is 0 Å². The van der Waals surface area contributed by atoms with Gasteiger partial charge < -0.3 is 10.2 Å². The van der Waals surface area contributed by atoms with Crippen molar-refractivity contribution in [3.63, 3.8) is 0 Å². The van der Waals surface area contributed by atoms with E-state index in [2.05, 4.69) is 0 Å². The van der Waals surface area contributed by atoms with Gasteiger partial charge in [0.2, 0.25) is 0 Å². The summed E-state index contributed by atoms with van der Waals surface area (Å²) in [6, 6.07) is -0.627. The highest BCUT2D eigenvalue weighted by Crippen LogP contribution is 2.12. The summed E-state index contributed by atoms with van der Waals surface area (Å²) in [5.41, 5.74) is 0. The highest BCUT2D eigenvalue weighted by atomic mass is 16.4. The highest BCUT2D eigenvalue weighted by molar-refractivity contribution is 5.99. The third-order valence-corrected chi connectivity index (χ3v) is 1.85. The zero-order valence-electron chi connectivity index (χ0n) is 6.76. The summed E-state index contributed by atoms with van der Waals surface area (Å²) in [6.45, 7) is 0. The van der Waals surface area contributed by atoms with E-state index in [0.29, 0.717) is 0 Å². The molecule has 3 amide bonds. The van der Waals surface area contributed by atoms with Gasteiger partial charge in [0.15, 0.2) is 12.3 Å². The molecule has 2 atom stereocenters. The van der Waals surface area contributed by atoms with Crippen LogP contribution in [-0.2, 0) is 4.79 Å². The molecule has 1 aliphatic rings.